The van der Waals surface area contributed by atoms with Crippen LogP contribution in [-0.2, 0) is 13.0 Å². The van der Waals surface area contributed by atoms with Crippen LogP contribution in [0.4, 0.5) is 0 Å². The molecule has 0 N–H and O–H groups in total. The Morgan fingerprint density at radius 3 is 2.44 bits per heavy atom. The van der Waals surface area contributed by atoms with E-state index in [0.29, 0.717) is 6.61 Å². The molecule has 0 spiro atoms. The number of ether oxygens (including phenoxy) is 2. The highest BCUT2D eigenvalue weighted by Crippen LogP contribution is 2.24. The number of aromatic nitrogens is 1. The monoisotopic (exact) mass is 355 g/mol. The fourth-order valence-electron chi connectivity index (χ4n) is 3.14. The van der Waals surface area contributed by atoms with Gasteiger partial charge in [-0.1, -0.05) is 60.7 Å². The van der Waals surface area contributed by atoms with Crippen LogP contribution in [0.1, 0.15) is 16.8 Å². The molecule has 0 bridgehead atoms. The number of para-hydroxylation sites is 1. The smallest absolute Gasteiger partial charge is 0.145 e. The molecule has 3 heteroatoms. The van der Waals surface area contributed by atoms with Crippen LogP contribution < -0.4 is 9.47 Å². The number of benzene rings is 3. The highest BCUT2D eigenvalue weighted by molar-refractivity contribution is 5.84. The molecule has 4 rings (SSSR count). The van der Waals surface area contributed by atoms with Crippen molar-refractivity contribution in [3.63, 3.8) is 0 Å². The van der Waals surface area contributed by atoms with Crippen molar-refractivity contribution < 1.29 is 9.47 Å². The zero-order valence-electron chi connectivity index (χ0n) is 15.3. The summed E-state index contributed by atoms with van der Waals surface area (Å²) in [5, 5.41) is 1.06. The lowest BCUT2D eigenvalue weighted by Crippen LogP contribution is -2.00. The number of rotatable bonds is 6. The Kier molecular flexibility index (Phi) is 5.01. The number of nitrogens with zero attached hydrogens (tertiary/aromatic N) is 1. The zero-order valence-corrected chi connectivity index (χ0v) is 15.3. The van der Waals surface area contributed by atoms with E-state index in [1.165, 1.54) is 11.1 Å². The van der Waals surface area contributed by atoms with Gasteiger partial charge in [-0.2, -0.15) is 0 Å². The van der Waals surface area contributed by atoms with Crippen molar-refractivity contribution in [1.29, 1.82) is 0 Å². The average molecular weight is 355 g/mol. The van der Waals surface area contributed by atoms with Crippen molar-refractivity contribution in [2.24, 2.45) is 0 Å². The molecular formula is C24H21NO2. The third-order valence-electron chi connectivity index (χ3n) is 4.50. The number of hydrogen-bond donors (Lipinski definition) is 0. The molecule has 0 aliphatic rings. The largest absolute Gasteiger partial charge is 0.494 e. The maximum absolute atomic E-state index is 5.99. The van der Waals surface area contributed by atoms with Crippen LogP contribution in [0.5, 0.6) is 11.5 Å². The molecule has 0 unspecified atom stereocenters. The molecule has 3 aromatic carbocycles. The summed E-state index contributed by atoms with van der Waals surface area (Å²) in [4.78, 5) is 4.70. The first-order valence-electron chi connectivity index (χ1n) is 9.00. The van der Waals surface area contributed by atoms with Gasteiger partial charge in [0.05, 0.1) is 12.8 Å². The van der Waals surface area contributed by atoms with Gasteiger partial charge in [-0.3, -0.25) is 0 Å². The standard InChI is InChI=1S/C24H21NO2/c1-26-23-12-6-10-20-13-14-21(25-24(20)23)17-27-22-11-5-9-19(16-22)15-18-7-3-2-4-8-18/h2-14,16H,15,17H2,1H3. The second-order valence-electron chi connectivity index (χ2n) is 6.43. The second kappa shape index (κ2) is 7.92. The Balaban J connectivity index is 1.49. The lowest BCUT2D eigenvalue weighted by molar-refractivity contribution is 0.301. The van der Waals surface area contributed by atoms with Crippen molar-refractivity contribution in [3.8, 4) is 11.5 Å². The van der Waals surface area contributed by atoms with E-state index in [9.17, 15) is 0 Å². The maximum Gasteiger partial charge on any atom is 0.145 e. The fourth-order valence-corrected chi connectivity index (χ4v) is 3.14. The minimum atomic E-state index is 0.419. The van der Waals surface area contributed by atoms with Gasteiger partial charge >= 0.3 is 0 Å². The SMILES string of the molecule is COc1cccc2ccc(COc3cccc(Cc4ccccc4)c3)nc12. The predicted octanol–water partition coefficient (Wildman–Crippen LogP) is 5.41. The third kappa shape index (κ3) is 4.09. The Hall–Kier alpha value is -3.33. The van der Waals surface area contributed by atoms with E-state index in [2.05, 4.69) is 42.5 Å². The molecule has 0 aliphatic carbocycles. The molecule has 134 valence electrons. The molecule has 0 aliphatic heterocycles. The molecule has 0 saturated heterocycles. The molecule has 4 aromatic rings. The molecule has 0 saturated carbocycles. The zero-order chi connectivity index (χ0) is 18.5. The lowest BCUT2D eigenvalue weighted by atomic mass is 10.1. The Morgan fingerprint density at radius 2 is 1.59 bits per heavy atom. The van der Waals surface area contributed by atoms with E-state index in [0.717, 1.165) is 34.5 Å². The van der Waals surface area contributed by atoms with E-state index in [4.69, 9.17) is 14.5 Å². The van der Waals surface area contributed by atoms with Crippen molar-refractivity contribution in [2.75, 3.05) is 7.11 Å². The van der Waals surface area contributed by atoms with Gasteiger partial charge in [0.25, 0.3) is 0 Å². The summed E-state index contributed by atoms with van der Waals surface area (Å²) < 4.78 is 11.4. The van der Waals surface area contributed by atoms with Crippen LogP contribution >= 0.6 is 0 Å². The van der Waals surface area contributed by atoms with Crippen LogP contribution in [0, 0.1) is 0 Å². The van der Waals surface area contributed by atoms with Crippen LogP contribution in [0.25, 0.3) is 10.9 Å². The van der Waals surface area contributed by atoms with Crippen molar-refractivity contribution in [2.45, 2.75) is 13.0 Å². The quantitative estimate of drug-likeness (QED) is 0.463. The summed E-state index contributed by atoms with van der Waals surface area (Å²) in [6.07, 6.45) is 0.892. The number of methoxy groups -OCH3 is 1. The average Bonchev–Trinajstić information content (AvgIpc) is 2.72. The normalized spacial score (nSPS) is 10.7. The van der Waals surface area contributed by atoms with Gasteiger partial charge in [-0.15, -0.1) is 0 Å². The van der Waals surface area contributed by atoms with Gasteiger partial charge in [-0.25, -0.2) is 4.98 Å². The molecule has 0 atom stereocenters. The van der Waals surface area contributed by atoms with Crippen LogP contribution in [-0.4, -0.2) is 12.1 Å². The summed E-state index contributed by atoms with van der Waals surface area (Å²) in [5.74, 6) is 1.63. The summed E-state index contributed by atoms with van der Waals surface area (Å²) in [6, 6.07) is 28.6. The van der Waals surface area contributed by atoms with Crippen molar-refractivity contribution >= 4 is 10.9 Å². The van der Waals surface area contributed by atoms with Gasteiger partial charge in [0.2, 0.25) is 0 Å². The van der Waals surface area contributed by atoms with Gasteiger partial charge in [-0.05, 0) is 41.8 Å². The van der Waals surface area contributed by atoms with Crippen LogP contribution in [0.3, 0.4) is 0 Å². The van der Waals surface area contributed by atoms with Gasteiger partial charge in [0, 0.05) is 5.39 Å². The first-order valence-corrected chi connectivity index (χ1v) is 9.00. The lowest BCUT2D eigenvalue weighted by Gasteiger charge is -2.10. The Bertz CT molecular complexity index is 1040. The summed E-state index contributed by atoms with van der Waals surface area (Å²) in [7, 11) is 1.66. The molecular weight excluding hydrogens is 334 g/mol. The summed E-state index contributed by atoms with van der Waals surface area (Å²) in [5.41, 5.74) is 4.25. The highest BCUT2D eigenvalue weighted by Gasteiger charge is 2.05. The topological polar surface area (TPSA) is 31.4 Å². The van der Waals surface area contributed by atoms with Crippen molar-refractivity contribution in [1.82, 2.24) is 4.98 Å². The molecule has 0 amide bonds. The summed E-state index contributed by atoms with van der Waals surface area (Å²) in [6.45, 7) is 0.419. The van der Waals surface area contributed by atoms with Crippen LogP contribution in [0.2, 0.25) is 0 Å². The molecule has 27 heavy (non-hydrogen) atoms. The first kappa shape index (κ1) is 17.1. The highest BCUT2D eigenvalue weighted by atomic mass is 16.5. The number of hydrogen-bond acceptors (Lipinski definition) is 3. The second-order valence-corrected chi connectivity index (χ2v) is 6.43. The third-order valence-corrected chi connectivity index (χ3v) is 4.50. The molecule has 3 nitrogen and oxygen atoms in total. The first-order chi connectivity index (χ1) is 13.3. The number of fused-ring (bicyclic) bond motifs is 1. The van der Waals surface area contributed by atoms with Crippen molar-refractivity contribution in [3.05, 3.63) is 102 Å². The molecule has 0 fully saturated rings. The Labute approximate surface area is 159 Å². The van der Waals surface area contributed by atoms with E-state index >= 15 is 0 Å². The maximum atomic E-state index is 5.99. The molecule has 1 heterocycles. The van der Waals surface area contributed by atoms with E-state index in [-0.39, 0.29) is 0 Å². The minimum absolute atomic E-state index is 0.419. The van der Waals surface area contributed by atoms with E-state index in [1.807, 2.05) is 42.5 Å². The van der Waals surface area contributed by atoms with Gasteiger partial charge < -0.3 is 9.47 Å². The predicted molar refractivity (Wildman–Crippen MR) is 108 cm³/mol. The van der Waals surface area contributed by atoms with E-state index in [1.54, 1.807) is 7.11 Å². The van der Waals surface area contributed by atoms with Crippen LogP contribution in [0.15, 0.2) is 84.9 Å². The van der Waals surface area contributed by atoms with Gasteiger partial charge in [0.15, 0.2) is 0 Å². The molecule has 0 radical (unpaired) electrons. The summed E-state index contributed by atoms with van der Waals surface area (Å²) >= 11 is 0. The minimum Gasteiger partial charge on any atom is -0.494 e. The van der Waals surface area contributed by atoms with E-state index < -0.39 is 0 Å². The molecule has 1 aromatic heterocycles. The Morgan fingerprint density at radius 1 is 0.778 bits per heavy atom. The number of pyridine rings is 1. The van der Waals surface area contributed by atoms with Gasteiger partial charge in [0.1, 0.15) is 23.6 Å². The fraction of sp³-hybridized carbons (Fsp3) is 0.125.